The summed E-state index contributed by atoms with van der Waals surface area (Å²) in [6.45, 7) is 0.587. The Bertz CT molecular complexity index is 955. The molecule has 1 aromatic heterocycles. The number of methoxy groups -OCH3 is 1. The molecule has 0 N–H and O–H groups in total. The minimum Gasteiger partial charge on any atom is -0.496 e. The van der Waals surface area contributed by atoms with Gasteiger partial charge in [0, 0.05) is 19.2 Å². The molecule has 3 aromatic rings. The number of hydrogen-bond donors (Lipinski definition) is 0. The fraction of sp³-hybridized carbons (Fsp3) is 0.238. The summed E-state index contributed by atoms with van der Waals surface area (Å²) in [6.07, 6.45) is 3.09. The third-order valence-corrected chi connectivity index (χ3v) is 4.35. The van der Waals surface area contributed by atoms with E-state index in [2.05, 4.69) is 10.1 Å². The number of hydrogen-bond acceptors (Lipinski definition) is 6. The molecule has 1 heterocycles. The van der Waals surface area contributed by atoms with Crippen LogP contribution in [-0.4, -0.2) is 52.3 Å². The summed E-state index contributed by atoms with van der Waals surface area (Å²) in [4.78, 5) is 29.9. The molecule has 0 saturated heterocycles. The van der Waals surface area contributed by atoms with Crippen LogP contribution < -0.4 is 4.74 Å². The van der Waals surface area contributed by atoms with E-state index in [0.29, 0.717) is 24.4 Å². The number of benzene rings is 2. The Morgan fingerprint density at radius 2 is 1.86 bits per heavy atom. The van der Waals surface area contributed by atoms with E-state index in [4.69, 9.17) is 9.47 Å². The fourth-order valence-corrected chi connectivity index (χ4v) is 2.75. The topological polar surface area (TPSA) is 86.5 Å². The first kappa shape index (κ1) is 20.1. The van der Waals surface area contributed by atoms with Gasteiger partial charge in [-0.3, -0.25) is 4.79 Å². The maximum Gasteiger partial charge on any atom is 0.338 e. The van der Waals surface area contributed by atoms with E-state index in [9.17, 15) is 9.59 Å². The first-order valence-electron chi connectivity index (χ1n) is 9.01. The smallest absolute Gasteiger partial charge is 0.338 e. The van der Waals surface area contributed by atoms with Crippen LogP contribution in [0.2, 0.25) is 0 Å². The van der Waals surface area contributed by atoms with Crippen LogP contribution in [0.25, 0.3) is 0 Å². The van der Waals surface area contributed by atoms with Gasteiger partial charge in [-0.25, -0.2) is 14.5 Å². The second-order valence-corrected chi connectivity index (χ2v) is 6.43. The average molecular weight is 394 g/mol. The Kier molecular flexibility index (Phi) is 6.57. The zero-order chi connectivity index (χ0) is 20.6. The summed E-state index contributed by atoms with van der Waals surface area (Å²) in [5.74, 6) is -0.140. The molecule has 1 amide bonds. The standard InChI is InChI=1S/C21H22N4O4/c1-24(12-18-5-3-4-6-19(18)28-2)20(26)13-29-21(27)17-9-7-16(8-10-17)11-25-15-22-14-23-25/h3-10,14-15H,11-13H2,1-2H3. The van der Waals surface area contributed by atoms with Crippen molar-refractivity contribution in [2.45, 2.75) is 13.1 Å². The van der Waals surface area contributed by atoms with Crippen LogP contribution >= 0.6 is 0 Å². The van der Waals surface area contributed by atoms with Crippen molar-refractivity contribution in [1.29, 1.82) is 0 Å². The lowest BCUT2D eigenvalue weighted by Gasteiger charge is -2.18. The normalized spacial score (nSPS) is 10.4. The Balaban J connectivity index is 1.51. The van der Waals surface area contributed by atoms with Gasteiger partial charge in [-0.1, -0.05) is 30.3 Å². The van der Waals surface area contributed by atoms with Crippen molar-refractivity contribution in [3.8, 4) is 5.75 Å². The summed E-state index contributed by atoms with van der Waals surface area (Å²) >= 11 is 0. The number of carbonyl (C=O) groups is 2. The van der Waals surface area contributed by atoms with E-state index >= 15 is 0 Å². The van der Waals surface area contributed by atoms with Crippen molar-refractivity contribution in [2.75, 3.05) is 20.8 Å². The van der Waals surface area contributed by atoms with Gasteiger partial charge in [0.15, 0.2) is 6.61 Å². The third kappa shape index (κ3) is 5.41. The van der Waals surface area contributed by atoms with Gasteiger partial charge in [0.2, 0.25) is 0 Å². The average Bonchev–Trinajstić information content (AvgIpc) is 3.25. The Labute approximate surface area is 168 Å². The number of carbonyl (C=O) groups excluding carboxylic acids is 2. The van der Waals surface area contributed by atoms with Gasteiger partial charge in [-0.05, 0) is 23.8 Å². The molecule has 150 valence electrons. The van der Waals surface area contributed by atoms with Crippen molar-refractivity contribution >= 4 is 11.9 Å². The molecule has 0 aliphatic heterocycles. The maximum absolute atomic E-state index is 12.3. The van der Waals surface area contributed by atoms with Gasteiger partial charge < -0.3 is 14.4 Å². The lowest BCUT2D eigenvalue weighted by atomic mass is 10.1. The van der Waals surface area contributed by atoms with Crippen molar-refractivity contribution < 1.29 is 19.1 Å². The van der Waals surface area contributed by atoms with E-state index in [1.807, 2.05) is 36.4 Å². The molecule has 0 unspecified atom stereocenters. The molecule has 0 aliphatic carbocycles. The number of ether oxygens (including phenoxy) is 2. The van der Waals surface area contributed by atoms with Crippen LogP contribution in [0, 0.1) is 0 Å². The minimum atomic E-state index is -0.545. The fourth-order valence-electron chi connectivity index (χ4n) is 2.75. The third-order valence-electron chi connectivity index (χ3n) is 4.35. The molecule has 3 rings (SSSR count). The molecule has 0 atom stereocenters. The van der Waals surface area contributed by atoms with E-state index < -0.39 is 5.97 Å². The largest absolute Gasteiger partial charge is 0.496 e. The number of amides is 1. The SMILES string of the molecule is COc1ccccc1CN(C)C(=O)COC(=O)c1ccc(Cn2cncn2)cc1. The number of esters is 1. The Hall–Kier alpha value is -3.68. The molecular weight excluding hydrogens is 372 g/mol. The van der Waals surface area contributed by atoms with E-state index in [1.54, 1.807) is 37.3 Å². The molecule has 8 nitrogen and oxygen atoms in total. The number of para-hydroxylation sites is 1. The number of likely N-dealkylation sites (N-methyl/N-ethyl adjacent to an activating group) is 1. The van der Waals surface area contributed by atoms with Gasteiger partial charge in [0.1, 0.15) is 18.4 Å². The van der Waals surface area contributed by atoms with Crippen LogP contribution in [0.5, 0.6) is 5.75 Å². The van der Waals surface area contributed by atoms with E-state index in [1.165, 1.54) is 11.2 Å². The van der Waals surface area contributed by atoms with Crippen LogP contribution in [0.3, 0.4) is 0 Å². The minimum absolute atomic E-state index is 0.299. The van der Waals surface area contributed by atoms with Crippen molar-refractivity contribution in [2.24, 2.45) is 0 Å². The van der Waals surface area contributed by atoms with Gasteiger partial charge >= 0.3 is 5.97 Å². The zero-order valence-electron chi connectivity index (χ0n) is 16.3. The molecule has 0 aliphatic rings. The number of nitrogens with zero attached hydrogens (tertiary/aromatic N) is 4. The second-order valence-electron chi connectivity index (χ2n) is 6.43. The quantitative estimate of drug-likeness (QED) is 0.544. The summed E-state index contributed by atoms with van der Waals surface area (Å²) in [5.41, 5.74) is 2.23. The summed E-state index contributed by atoms with van der Waals surface area (Å²) in [5, 5.41) is 4.04. The van der Waals surface area contributed by atoms with Gasteiger partial charge in [0.25, 0.3) is 5.91 Å². The molecular formula is C21H22N4O4. The predicted molar refractivity (Wildman–Crippen MR) is 105 cm³/mol. The number of aromatic nitrogens is 3. The molecule has 2 aromatic carbocycles. The van der Waals surface area contributed by atoms with Crippen LogP contribution in [0.15, 0.2) is 61.2 Å². The molecule has 0 bridgehead atoms. The van der Waals surface area contributed by atoms with Gasteiger partial charge in [0.05, 0.1) is 19.2 Å². The predicted octanol–water partition coefficient (Wildman–Crippen LogP) is 2.15. The molecule has 8 heteroatoms. The van der Waals surface area contributed by atoms with Gasteiger partial charge in [-0.15, -0.1) is 0 Å². The second kappa shape index (κ2) is 9.50. The van der Waals surface area contributed by atoms with Crippen LogP contribution in [0.4, 0.5) is 0 Å². The van der Waals surface area contributed by atoms with Crippen molar-refractivity contribution in [3.05, 3.63) is 77.9 Å². The highest BCUT2D eigenvalue weighted by Gasteiger charge is 2.15. The first-order valence-corrected chi connectivity index (χ1v) is 9.01. The summed E-state index contributed by atoms with van der Waals surface area (Å²) in [7, 11) is 3.24. The van der Waals surface area contributed by atoms with Gasteiger partial charge in [-0.2, -0.15) is 5.10 Å². The molecule has 0 radical (unpaired) electrons. The highest BCUT2D eigenvalue weighted by Crippen LogP contribution is 2.18. The zero-order valence-corrected chi connectivity index (χ0v) is 16.3. The first-order chi connectivity index (χ1) is 14.1. The molecule has 0 fully saturated rings. The molecule has 0 spiro atoms. The summed E-state index contributed by atoms with van der Waals surface area (Å²) < 4.78 is 12.1. The highest BCUT2D eigenvalue weighted by atomic mass is 16.5. The van der Waals surface area contributed by atoms with Crippen molar-refractivity contribution in [3.63, 3.8) is 0 Å². The summed E-state index contributed by atoms with van der Waals surface area (Å²) in [6, 6.07) is 14.4. The van der Waals surface area contributed by atoms with Crippen molar-refractivity contribution in [1.82, 2.24) is 19.7 Å². The lowest BCUT2D eigenvalue weighted by Crippen LogP contribution is -2.31. The number of rotatable bonds is 8. The van der Waals surface area contributed by atoms with E-state index in [-0.39, 0.29) is 12.5 Å². The van der Waals surface area contributed by atoms with Crippen LogP contribution in [0.1, 0.15) is 21.5 Å². The molecule has 29 heavy (non-hydrogen) atoms. The maximum atomic E-state index is 12.3. The van der Waals surface area contributed by atoms with Crippen LogP contribution in [-0.2, 0) is 22.6 Å². The Morgan fingerprint density at radius 1 is 1.10 bits per heavy atom. The highest BCUT2D eigenvalue weighted by molar-refractivity contribution is 5.91. The monoisotopic (exact) mass is 394 g/mol. The van der Waals surface area contributed by atoms with E-state index in [0.717, 1.165) is 11.1 Å². The Morgan fingerprint density at radius 3 is 2.55 bits per heavy atom. The lowest BCUT2D eigenvalue weighted by molar-refractivity contribution is -0.133. The molecule has 0 saturated carbocycles.